The third-order valence-electron chi connectivity index (χ3n) is 3.35. The average Bonchev–Trinajstić information content (AvgIpc) is 2.59. The summed E-state index contributed by atoms with van der Waals surface area (Å²) in [5.74, 6) is 0. The second kappa shape index (κ2) is 5.90. The van der Waals surface area contributed by atoms with Gasteiger partial charge >= 0.3 is 0 Å². The predicted octanol–water partition coefficient (Wildman–Crippen LogP) is 2.66. The first kappa shape index (κ1) is 11.5. The molecule has 1 unspecified atom stereocenters. The Kier molecular flexibility index (Phi) is 4.23. The van der Waals surface area contributed by atoms with E-state index in [1.165, 1.54) is 37.9 Å². The van der Waals surface area contributed by atoms with E-state index in [0.29, 0.717) is 6.04 Å². The molecule has 2 rings (SSSR count). The molecule has 1 N–H and O–H groups in total. The minimum absolute atomic E-state index is 0.660. The lowest BCUT2D eigenvalue weighted by molar-refractivity contribution is 0.510. The summed E-state index contributed by atoms with van der Waals surface area (Å²) >= 11 is 0. The molecule has 0 aromatic heterocycles. The molecule has 1 fully saturated rings. The zero-order valence-corrected chi connectivity index (χ0v) is 10.2. The molecule has 0 bridgehead atoms. The summed E-state index contributed by atoms with van der Waals surface area (Å²) in [7, 11) is 2.18. The molecule has 1 aromatic carbocycles. The van der Waals surface area contributed by atoms with Crippen LogP contribution in [0, 0.1) is 0 Å². The molecular weight excluding hydrogens is 196 g/mol. The van der Waals surface area contributed by atoms with Gasteiger partial charge in [0.05, 0.1) is 0 Å². The van der Waals surface area contributed by atoms with Gasteiger partial charge in [-0.1, -0.05) is 31.0 Å². The van der Waals surface area contributed by atoms with Crippen molar-refractivity contribution in [3.8, 4) is 0 Å². The van der Waals surface area contributed by atoms with Crippen LogP contribution in [0.4, 0.5) is 5.69 Å². The quantitative estimate of drug-likeness (QED) is 0.839. The normalized spacial score (nSPS) is 21.4. The van der Waals surface area contributed by atoms with Crippen LogP contribution < -0.4 is 10.2 Å². The molecule has 1 aromatic rings. The fourth-order valence-electron chi connectivity index (χ4n) is 2.38. The van der Waals surface area contributed by atoms with E-state index >= 15 is 0 Å². The standard InChI is InChI=1S/C14H22N2/c1-16(14-9-5-2-6-10-14)12-13-8-4-3-7-11-15-13/h2,5-6,9-10,13,15H,3-4,7-8,11-12H2,1H3. The van der Waals surface area contributed by atoms with Crippen LogP contribution in [0.3, 0.4) is 0 Å². The van der Waals surface area contributed by atoms with Crippen molar-refractivity contribution in [3.63, 3.8) is 0 Å². The summed E-state index contributed by atoms with van der Waals surface area (Å²) in [6, 6.07) is 11.3. The van der Waals surface area contributed by atoms with Crippen LogP contribution in [0.2, 0.25) is 0 Å². The van der Waals surface area contributed by atoms with Crippen molar-refractivity contribution in [1.82, 2.24) is 5.32 Å². The van der Waals surface area contributed by atoms with Crippen molar-refractivity contribution < 1.29 is 0 Å². The Bertz CT molecular complexity index is 289. The van der Waals surface area contributed by atoms with Crippen molar-refractivity contribution in [2.75, 3.05) is 25.0 Å². The number of para-hydroxylation sites is 1. The van der Waals surface area contributed by atoms with Gasteiger partial charge in [-0.2, -0.15) is 0 Å². The zero-order chi connectivity index (χ0) is 11.2. The zero-order valence-electron chi connectivity index (χ0n) is 10.2. The van der Waals surface area contributed by atoms with Gasteiger partial charge in [-0.25, -0.2) is 0 Å². The Labute approximate surface area is 98.7 Å². The van der Waals surface area contributed by atoms with E-state index in [-0.39, 0.29) is 0 Å². The van der Waals surface area contributed by atoms with Crippen molar-refractivity contribution >= 4 is 5.69 Å². The number of benzene rings is 1. The molecule has 2 nitrogen and oxygen atoms in total. The van der Waals surface area contributed by atoms with E-state index in [2.05, 4.69) is 47.6 Å². The number of hydrogen-bond acceptors (Lipinski definition) is 2. The van der Waals surface area contributed by atoms with Gasteiger partial charge in [0.2, 0.25) is 0 Å². The number of anilines is 1. The van der Waals surface area contributed by atoms with Crippen LogP contribution in [0.5, 0.6) is 0 Å². The molecule has 1 saturated heterocycles. The molecule has 88 valence electrons. The number of nitrogens with zero attached hydrogens (tertiary/aromatic N) is 1. The van der Waals surface area contributed by atoms with Gasteiger partial charge in [-0.05, 0) is 31.5 Å². The maximum Gasteiger partial charge on any atom is 0.0364 e. The van der Waals surface area contributed by atoms with E-state index in [1.54, 1.807) is 0 Å². The molecule has 0 saturated carbocycles. The fraction of sp³-hybridized carbons (Fsp3) is 0.571. The Morgan fingerprint density at radius 3 is 2.81 bits per heavy atom. The SMILES string of the molecule is CN(CC1CCCCCN1)c1ccccc1. The summed E-state index contributed by atoms with van der Waals surface area (Å²) in [5.41, 5.74) is 1.31. The van der Waals surface area contributed by atoms with Crippen LogP contribution in [-0.4, -0.2) is 26.2 Å². The fourth-order valence-corrected chi connectivity index (χ4v) is 2.38. The number of nitrogens with one attached hydrogen (secondary N) is 1. The highest BCUT2D eigenvalue weighted by molar-refractivity contribution is 5.45. The highest BCUT2D eigenvalue weighted by Crippen LogP contribution is 2.14. The molecule has 0 aliphatic carbocycles. The average molecular weight is 218 g/mol. The summed E-state index contributed by atoms with van der Waals surface area (Å²) in [4.78, 5) is 2.35. The lowest BCUT2D eigenvalue weighted by Crippen LogP contribution is -2.39. The van der Waals surface area contributed by atoms with Crippen molar-refractivity contribution in [3.05, 3.63) is 30.3 Å². The van der Waals surface area contributed by atoms with Gasteiger partial charge in [-0.15, -0.1) is 0 Å². The second-order valence-corrected chi connectivity index (χ2v) is 4.72. The molecule has 0 amide bonds. The summed E-state index contributed by atoms with van der Waals surface area (Å²) in [6.45, 7) is 2.30. The topological polar surface area (TPSA) is 15.3 Å². The summed E-state index contributed by atoms with van der Waals surface area (Å²) in [6.07, 6.45) is 5.42. The van der Waals surface area contributed by atoms with Crippen molar-refractivity contribution in [2.24, 2.45) is 0 Å². The Morgan fingerprint density at radius 1 is 1.19 bits per heavy atom. The number of rotatable bonds is 3. The Morgan fingerprint density at radius 2 is 2.00 bits per heavy atom. The first-order valence-electron chi connectivity index (χ1n) is 6.36. The van der Waals surface area contributed by atoms with Gasteiger partial charge in [0, 0.05) is 25.3 Å². The third kappa shape index (κ3) is 3.24. The third-order valence-corrected chi connectivity index (χ3v) is 3.35. The lowest BCUT2D eigenvalue weighted by Gasteiger charge is -2.25. The van der Waals surface area contributed by atoms with E-state index < -0.39 is 0 Å². The number of hydrogen-bond donors (Lipinski definition) is 1. The Hall–Kier alpha value is -1.02. The maximum absolute atomic E-state index is 3.64. The van der Waals surface area contributed by atoms with Gasteiger partial charge in [0.1, 0.15) is 0 Å². The van der Waals surface area contributed by atoms with Crippen LogP contribution in [0.1, 0.15) is 25.7 Å². The van der Waals surface area contributed by atoms with Crippen LogP contribution in [-0.2, 0) is 0 Å². The van der Waals surface area contributed by atoms with Gasteiger partial charge in [0.15, 0.2) is 0 Å². The molecule has 1 aliphatic rings. The lowest BCUT2D eigenvalue weighted by atomic mass is 10.1. The maximum atomic E-state index is 3.64. The minimum atomic E-state index is 0.660. The predicted molar refractivity (Wildman–Crippen MR) is 70.0 cm³/mol. The van der Waals surface area contributed by atoms with Gasteiger partial charge in [0.25, 0.3) is 0 Å². The molecule has 1 atom stereocenters. The first-order valence-corrected chi connectivity index (χ1v) is 6.36. The summed E-state index contributed by atoms with van der Waals surface area (Å²) < 4.78 is 0. The number of likely N-dealkylation sites (N-methyl/N-ethyl adjacent to an activating group) is 1. The highest BCUT2D eigenvalue weighted by atomic mass is 15.1. The first-order chi connectivity index (χ1) is 7.86. The summed E-state index contributed by atoms with van der Waals surface area (Å²) in [5, 5.41) is 3.64. The van der Waals surface area contributed by atoms with Crippen LogP contribution >= 0.6 is 0 Å². The van der Waals surface area contributed by atoms with Gasteiger partial charge < -0.3 is 10.2 Å². The van der Waals surface area contributed by atoms with E-state index in [9.17, 15) is 0 Å². The van der Waals surface area contributed by atoms with E-state index in [1.807, 2.05) is 0 Å². The molecule has 1 aliphatic heterocycles. The second-order valence-electron chi connectivity index (χ2n) is 4.72. The van der Waals surface area contributed by atoms with Crippen molar-refractivity contribution in [1.29, 1.82) is 0 Å². The molecule has 0 spiro atoms. The van der Waals surface area contributed by atoms with Gasteiger partial charge in [-0.3, -0.25) is 0 Å². The molecular formula is C14H22N2. The monoisotopic (exact) mass is 218 g/mol. The van der Waals surface area contributed by atoms with Crippen LogP contribution in [0.15, 0.2) is 30.3 Å². The molecule has 16 heavy (non-hydrogen) atoms. The molecule has 1 heterocycles. The Balaban J connectivity index is 1.88. The van der Waals surface area contributed by atoms with E-state index in [0.717, 1.165) is 6.54 Å². The van der Waals surface area contributed by atoms with Crippen molar-refractivity contribution in [2.45, 2.75) is 31.7 Å². The minimum Gasteiger partial charge on any atom is -0.373 e. The largest absolute Gasteiger partial charge is 0.373 e. The van der Waals surface area contributed by atoms with Crippen LogP contribution in [0.25, 0.3) is 0 Å². The van der Waals surface area contributed by atoms with E-state index in [4.69, 9.17) is 0 Å². The highest BCUT2D eigenvalue weighted by Gasteiger charge is 2.13. The molecule has 0 radical (unpaired) electrons. The molecule has 2 heteroatoms. The smallest absolute Gasteiger partial charge is 0.0364 e.